The maximum atomic E-state index is 12.9. The monoisotopic (exact) mass is 422 g/mol. The third-order valence-corrected chi connectivity index (χ3v) is 7.83. The van der Waals surface area contributed by atoms with E-state index in [1.54, 1.807) is 11.8 Å². The fraction of sp³-hybridized carbons (Fsp3) is 0.500. The number of piperidine rings is 1. The molecule has 1 saturated carbocycles. The first-order valence-corrected chi connectivity index (χ1v) is 12.1. The topological polar surface area (TPSA) is 49.6 Å². The van der Waals surface area contributed by atoms with Gasteiger partial charge in [-0.2, -0.15) is 0 Å². The van der Waals surface area contributed by atoms with Crippen LogP contribution in [0.4, 0.5) is 5.69 Å². The van der Waals surface area contributed by atoms with E-state index in [0.29, 0.717) is 11.5 Å². The van der Waals surface area contributed by atoms with Gasteiger partial charge in [-0.3, -0.25) is 15.2 Å². The van der Waals surface area contributed by atoms with Crippen LogP contribution in [0.25, 0.3) is 0 Å². The number of carbonyl (C=O) groups is 1. The van der Waals surface area contributed by atoms with E-state index in [4.69, 9.17) is 4.99 Å². The lowest BCUT2D eigenvalue weighted by Crippen LogP contribution is -2.45. The van der Waals surface area contributed by atoms with E-state index < -0.39 is 0 Å². The highest BCUT2D eigenvalue weighted by atomic mass is 32.2. The third-order valence-electron chi connectivity index (χ3n) is 6.57. The number of hydrazine groups is 1. The molecule has 1 aromatic heterocycles. The van der Waals surface area contributed by atoms with Crippen molar-refractivity contribution >= 4 is 29.1 Å². The van der Waals surface area contributed by atoms with Crippen LogP contribution in [0.15, 0.2) is 45.4 Å². The van der Waals surface area contributed by atoms with Crippen molar-refractivity contribution in [3.8, 4) is 0 Å². The SMILES string of the molecule is Cn1ccc2c1Sc1ccc(C(=O)NN3CCCCC3)cc1N=C2C1CCCCC1. The molecule has 2 aliphatic heterocycles. The molecule has 0 spiro atoms. The minimum Gasteiger partial charge on any atom is -0.345 e. The molecule has 0 atom stereocenters. The van der Waals surface area contributed by atoms with Crippen LogP contribution in [0.5, 0.6) is 0 Å². The number of nitrogens with one attached hydrogen (secondary N) is 1. The van der Waals surface area contributed by atoms with Crippen LogP contribution in [0.2, 0.25) is 0 Å². The van der Waals surface area contributed by atoms with Gasteiger partial charge in [-0.25, -0.2) is 5.01 Å². The molecule has 1 N–H and O–H groups in total. The molecule has 5 nitrogen and oxygen atoms in total. The summed E-state index contributed by atoms with van der Waals surface area (Å²) in [6, 6.07) is 8.20. The number of benzene rings is 1. The molecule has 6 heteroatoms. The maximum absolute atomic E-state index is 12.9. The summed E-state index contributed by atoms with van der Waals surface area (Å²) in [5.41, 5.74) is 7.20. The molecule has 30 heavy (non-hydrogen) atoms. The van der Waals surface area contributed by atoms with Crippen LogP contribution < -0.4 is 5.43 Å². The van der Waals surface area contributed by atoms with Gasteiger partial charge in [-0.15, -0.1) is 0 Å². The van der Waals surface area contributed by atoms with Gasteiger partial charge >= 0.3 is 0 Å². The Hall–Kier alpha value is -2.05. The van der Waals surface area contributed by atoms with Gasteiger partial charge in [-0.1, -0.05) is 37.4 Å². The van der Waals surface area contributed by atoms with Crippen molar-refractivity contribution in [1.82, 2.24) is 15.0 Å². The highest BCUT2D eigenvalue weighted by Gasteiger charge is 2.27. The Morgan fingerprint density at radius 2 is 1.83 bits per heavy atom. The number of rotatable bonds is 3. The number of amides is 1. The zero-order valence-corrected chi connectivity index (χ0v) is 18.5. The van der Waals surface area contributed by atoms with Gasteiger partial charge in [0.15, 0.2) is 0 Å². The van der Waals surface area contributed by atoms with Crippen molar-refractivity contribution in [3.63, 3.8) is 0 Å². The molecular formula is C24H30N4OS. The first kappa shape index (κ1) is 19.9. The molecule has 2 aromatic rings. The van der Waals surface area contributed by atoms with Crippen molar-refractivity contribution in [2.75, 3.05) is 13.1 Å². The van der Waals surface area contributed by atoms with E-state index >= 15 is 0 Å². The fourth-order valence-electron chi connectivity index (χ4n) is 4.86. The molecule has 1 aromatic carbocycles. The first-order valence-electron chi connectivity index (χ1n) is 11.3. The molecule has 158 valence electrons. The van der Waals surface area contributed by atoms with Gasteiger partial charge in [0.25, 0.3) is 5.91 Å². The van der Waals surface area contributed by atoms with E-state index in [2.05, 4.69) is 40.4 Å². The van der Waals surface area contributed by atoms with Crippen LogP contribution in [0.3, 0.4) is 0 Å². The molecule has 2 fully saturated rings. The number of aromatic nitrogens is 1. The lowest BCUT2D eigenvalue weighted by molar-refractivity contribution is 0.0750. The minimum absolute atomic E-state index is 0.0270. The summed E-state index contributed by atoms with van der Waals surface area (Å²) in [6.07, 6.45) is 12.0. The summed E-state index contributed by atoms with van der Waals surface area (Å²) in [6.45, 7) is 1.87. The van der Waals surface area contributed by atoms with E-state index in [9.17, 15) is 4.79 Å². The number of hydrogen-bond acceptors (Lipinski definition) is 4. The molecular weight excluding hydrogens is 392 g/mol. The lowest BCUT2D eigenvalue weighted by atomic mass is 9.83. The van der Waals surface area contributed by atoms with Crippen LogP contribution in [0.1, 0.15) is 67.3 Å². The smallest absolute Gasteiger partial charge is 0.265 e. The molecule has 1 saturated heterocycles. The van der Waals surface area contributed by atoms with Gasteiger partial charge in [0.2, 0.25) is 0 Å². The number of aliphatic imine (C=N–C) groups is 1. The molecule has 5 rings (SSSR count). The van der Waals surface area contributed by atoms with Crippen LogP contribution in [-0.2, 0) is 7.05 Å². The molecule has 1 amide bonds. The van der Waals surface area contributed by atoms with Gasteiger partial charge in [-0.05, 0) is 49.9 Å². The van der Waals surface area contributed by atoms with Gasteiger partial charge in [0.1, 0.15) is 0 Å². The van der Waals surface area contributed by atoms with Gasteiger partial charge in [0.05, 0.1) is 16.4 Å². The third kappa shape index (κ3) is 3.95. The van der Waals surface area contributed by atoms with Gasteiger partial charge < -0.3 is 4.57 Å². The number of aryl methyl sites for hydroxylation is 1. The summed E-state index contributed by atoms with van der Waals surface area (Å²) < 4.78 is 2.20. The van der Waals surface area contributed by atoms with Crippen LogP contribution >= 0.6 is 11.8 Å². The highest BCUT2D eigenvalue weighted by Crippen LogP contribution is 2.43. The Labute approximate surface area is 182 Å². The summed E-state index contributed by atoms with van der Waals surface area (Å²) in [7, 11) is 2.11. The second-order valence-electron chi connectivity index (χ2n) is 8.75. The number of nitrogens with zero attached hydrogens (tertiary/aromatic N) is 3. The molecule has 0 bridgehead atoms. The summed E-state index contributed by atoms with van der Waals surface area (Å²) >= 11 is 1.77. The van der Waals surface area contributed by atoms with E-state index in [1.807, 2.05) is 12.1 Å². The minimum atomic E-state index is -0.0270. The average molecular weight is 423 g/mol. The highest BCUT2D eigenvalue weighted by molar-refractivity contribution is 7.99. The standard InChI is InChI=1S/C24H30N4OS/c1-27-15-12-19-22(17-8-4-2-5-9-17)25-20-16-18(10-11-21(20)30-24(19)27)23(29)26-28-13-6-3-7-14-28/h10-12,15-17H,2-9,13-14H2,1H3,(H,26,29). The normalized spacial score (nSPS) is 20.1. The summed E-state index contributed by atoms with van der Waals surface area (Å²) in [4.78, 5) is 19.2. The van der Waals surface area contributed by atoms with E-state index in [1.165, 1.54) is 54.8 Å². The van der Waals surface area contributed by atoms with Crippen LogP contribution in [-0.4, -0.2) is 34.3 Å². The fourth-order valence-corrected chi connectivity index (χ4v) is 5.91. The average Bonchev–Trinajstić information content (AvgIpc) is 3.04. The maximum Gasteiger partial charge on any atom is 0.265 e. The van der Waals surface area contributed by atoms with Crippen molar-refractivity contribution in [1.29, 1.82) is 0 Å². The van der Waals surface area contributed by atoms with Crippen LogP contribution in [0, 0.1) is 5.92 Å². The number of hydrogen-bond donors (Lipinski definition) is 1. The number of fused-ring (bicyclic) bond motifs is 2. The second-order valence-corrected chi connectivity index (χ2v) is 9.78. The van der Waals surface area contributed by atoms with Gasteiger partial charge in [0, 0.05) is 48.3 Å². The Morgan fingerprint density at radius 3 is 2.63 bits per heavy atom. The first-order chi connectivity index (χ1) is 14.7. The lowest BCUT2D eigenvalue weighted by Gasteiger charge is -2.26. The zero-order chi connectivity index (χ0) is 20.5. The molecule has 3 aliphatic rings. The predicted octanol–water partition coefficient (Wildman–Crippen LogP) is 5.32. The molecule has 0 unspecified atom stereocenters. The quantitative estimate of drug-likeness (QED) is 0.728. The second kappa shape index (κ2) is 8.60. The molecule has 0 radical (unpaired) electrons. The predicted molar refractivity (Wildman–Crippen MR) is 122 cm³/mol. The number of carbonyl (C=O) groups excluding carboxylic acids is 1. The summed E-state index contributed by atoms with van der Waals surface area (Å²) in [5, 5.41) is 3.31. The Morgan fingerprint density at radius 1 is 1.07 bits per heavy atom. The van der Waals surface area contributed by atoms with E-state index in [-0.39, 0.29) is 5.91 Å². The molecule has 3 heterocycles. The zero-order valence-electron chi connectivity index (χ0n) is 17.7. The Bertz CT molecular complexity index is 968. The molecule has 1 aliphatic carbocycles. The Balaban J connectivity index is 1.48. The van der Waals surface area contributed by atoms with Crippen molar-refractivity contribution in [2.24, 2.45) is 18.0 Å². The Kier molecular flexibility index (Phi) is 5.70. The van der Waals surface area contributed by atoms with Crippen molar-refractivity contribution < 1.29 is 4.79 Å². The largest absolute Gasteiger partial charge is 0.345 e. The summed E-state index contributed by atoms with van der Waals surface area (Å²) in [5.74, 6) is 0.484. The van der Waals surface area contributed by atoms with Crippen molar-refractivity contribution in [2.45, 2.75) is 61.3 Å². The van der Waals surface area contributed by atoms with E-state index in [0.717, 1.165) is 36.5 Å². The van der Waals surface area contributed by atoms with Crippen molar-refractivity contribution in [3.05, 3.63) is 41.6 Å².